The molecule has 2 aromatic carbocycles. The molecule has 1 unspecified atom stereocenters. The van der Waals surface area contributed by atoms with Crippen molar-refractivity contribution >= 4 is 12.0 Å². The summed E-state index contributed by atoms with van der Waals surface area (Å²) in [5.41, 5.74) is 0.481. The van der Waals surface area contributed by atoms with Crippen LogP contribution in [-0.4, -0.2) is 38.6 Å². The highest BCUT2D eigenvalue weighted by Gasteiger charge is 2.30. The van der Waals surface area contributed by atoms with Crippen molar-refractivity contribution < 1.29 is 22.7 Å². The minimum atomic E-state index is -4.42. The summed E-state index contributed by atoms with van der Waals surface area (Å²) in [5, 5.41) is 2.78. The van der Waals surface area contributed by atoms with Crippen molar-refractivity contribution in [3.63, 3.8) is 0 Å². The summed E-state index contributed by atoms with van der Waals surface area (Å²) in [4.78, 5) is 14.1. The zero-order valence-electron chi connectivity index (χ0n) is 16.0. The fourth-order valence-electron chi connectivity index (χ4n) is 2.76. The number of methoxy groups -OCH3 is 1. The zero-order chi connectivity index (χ0) is 20.7. The van der Waals surface area contributed by atoms with E-state index >= 15 is 0 Å². The second-order valence-electron chi connectivity index (χ2n) is 6.42. The van der Waals surface area contributed by atoms with Crippen LogP contribution >= 0.6 is 0 Å². The van der Waals surface area contributed by atoms with E-state index in [4.69, 9.17) is 4.74 Å². The summed E-state index contributed by atoms with van der Waals surface area (Å²) in [6, 6.07) is 12.2. The number of nitrogens with zero attached hydrogens (tertiary/aromatic N) is 1. The van der Waals surface area contributed by atoms with Crippen LogP contribution in [0.15, 0.2) is 54.6 Å². The lowest BCUT2D eigenvalue weighted by molar-refractivity contribution is -0.137. The third kappa shape index (κ3) is 5.85. The Balaban J connectivity index is 2.05. The maximum atomic E-state index is 12.8. The smallest absolute Gasteiger partial charge is 0.416 e. The summed E-state index contributed by atoms with van der Waals surface area (Å²) in [7, 11) is 5.37. The Hall–Kier alpha value is -2.80. The fourth-order valence-corrected chi connectivity index (χ4v) is 2.76. The van der Waals surface area contributed by atoms with Gasteiger partial charge >= 0.3 is 6.18 Å². The number of carbonyl (C=O) groups is 1. The largest absolute Gasteiger partial charge is 0.496 e. The lowest BCUT2D eigenvalue weighted by Gasteiger charge is -2.26. The van der Waals surface area contributed by atoms with Crippen LogP contribution in [0.1, 0.15) is 22.7 Å². The minimum absolute atomic E-state index is 0.123. The molecule has 28 heavy (non-hydrogen) atoms. The fraction of sp³-hybridized carbons (Fsp3) is 0.286. The van der Waals surface area contributed by atoms with Crippen molar-refractivity contribution in [2.45, 2.75) is 12.2 Å². The second-order valence-corrected chi connectivity index (χ2v) is 6.42. The Morgan fingerprint density at radius 1 is 1.18 bits per heavy atom. The standard InChI is InChI=1S/C21H23F3N2O2/c1-26(2)18(17-9-4-5-10-19(17)28-3)14-25-20(27)12-11-15-7-6-8-16(13-15)21(22,23)24/h4-13,18H,14H2,1-3H3,(H,25,27)/b12-11+. The first-order chi connectivity index (χ1) is 13.2. The Kier molecular flexibility index (Phi) is 7.23. The molecule has 0 aromatic heterocycles. The van der Waals surface area contributed by atoms with Gasteiger partial charge in [0.05, 0.1) is 18.7 Å². The Morgan fingerprint density at radius 2 is 1.89 bits per heavy atom. The summed E-state index contributed by atoms with van der Waals surface area (Å²) >= 11 is 0. The number of halogens is 3. The van der Waals surface area contributed by atoms with Gasteiger partial charge in [-0.15, -0.1) is 0 Å². The third-order valence-electron chi connectivity index (χ3n) is 4.23. The highest BCUT2D eigenvalue weighted by molar-refractivity contribution is 5.91. The topological polar surface area (TPSA) is 41.6 Å². The van der Waals surface area contributed by atoms with Crippen LogP contribution in [0.2, 0.25) is 0 Å². The number of likely N-dealkylation sites (N-methyl/N-ethyl adjacent to an activating group) is 1. The van der Waals surface area contributed by atoms with Crippen LogP contribution in [0.5, 0.6) is 5.75 Å². The van der Waals surface area contributed by atoms with E-state index in [2.05, 4.69) is 5.32 Å². The van der Waals surface area contributed by atoms with Crippen molar-refractivity contribution in [1.82, 2.24) is 10.2 Å². The van der Waals surface area contributed by atoms with Gasteiger partial charge in [-0.05, 0) is 43.9 Å². The van der Waals surface area contributed by atoms with Crippen LogP contribution in [-0.2, 0) is 11.0 Å². The zero-order valence-corrected chi connectivity index (χ0v) is 16.0. The number of ether oxygens (including phenoxy) is 1. The number of nitrogens with one attached hydrogen (secondary N) is 1. The van der Waals surface area contributed by atoms with E-state index in [0.29, 0.717) is 12.1 Å². The average Bonchev–Trinajstić information content (AvgIpc) is 2.66. The summed E-state index contributed by atoms with van der Waals surface area (Å²) in [6.07, 6.45) is -1.83. The van der Waals surface area contributed by atoms with Crippen LogP contribution in [0.3, 0.4) is 0 Å². The third-order valence-corrected chi connectivity index (χ3v) is 4.23. The molecular weight excluding hydrogens is 369 g/mol. The molecule has 0 aliphatic heterocycles. The van der Waals surface area contributed by atoms with Crippen molar-refractivity contribution in [2.24, 2.45) is 0 Å². The molecule has 1 atom stereocenters. The summed E-state index contributed by atoms with van der Waals surface area (Å²) in [6.45, 7) is 0.319. The second kappa shape index (κ2) is 9.41. The Labute approximate surface area is 162 Å². The number of rotatable bonds is 7. The molecule has 1 amide bonds. The highest BCUT2D eigenvalue weighted by Crippen LogP contribution is 2.30. The van der Waals surface area contributed by atoms with E-state index in [9.17, 15) is 18.0 Å². The maximum Gasteiger partial charge on any atom is 0.416 e. The summed E-state index contributed by atoms with van der Waals surface area (Å²) in [5.74, 6) is 0.328. The van der Waals surface area contributed by atoms with Gasteiger partial charge in [0.25, 0.3) is 0 Å². The van der Waals surface area contributed by atoms with Crippen molar-refractivity contribution in [3.05, 3.63) is 71.3 Å². The molecule has 4 nitrogen and oxygen atoms in total. The molecule has 0 spiro atoms. The lowest BCUT2D eigenvalue weighted by Crippen LogP contribution is -2.33. The normalized spacial score (nSPS) is 13.0. The predicted octanol–water partition coefficient (Wildman–Crippen LogP) is 4.15. The first kappa shape index (κ1) is 21.5. The number of hydrogen-bond donors (Lipinski definition) is 1. The first-order valence-electron chi connectivity index (χ1n) is 8.65. The number of alkyl halides is 3. The van der Waals surface area contributed by atoms with Gasteiger partial charge in [-0.2, -0.15) is 13.2 Å². The van der Waals surface area contributed by atoms with E-state index < -0.39 is 11.7 Å². The molecule has 2 rings (SSSR count). The average molecular weight is 392 g/mol. The molecule has 0 aliphatic carbocycles. The Morgan fingerprint density at radius 3 is 2.54 bits per heavy atom. The molecule has 0 radical (unpaired) electrons. The van der Waals surface area contributed by atoms with Gasteiger partial charge in [0, 0.05) is 18.2 Å². The molecule has 0 aliphatic rings. The molecule has 0 heterocycles. The van der Waals surface area contributed by atoms with Gasteiger partial charge in [0.15, 0.2) is 0 Å². The maximum absolute atomic E-state index is 12.8. The Bertz CT molecular complexity index is 832. The minimum Gasteiger partial charge on any atom is -0.496 e. The van der Waals surface area contributed by atoms with Crippen LogP contribution < -0.4 is 10.1 Å². The van der Waals surface area contributed by atoms with Crippen molar-refractivity contribution in [1.29, 1.82) is 0 Å². The van der Waals surface area contributed by atoms with Crippen LogP contribution in [0.25, 0.3) is 6.08 Å². The predicted molar refractivity (Wildman–Crippen MR) is 103 cm³/mol. The van der Waals surface area contributed by atoms with E-state index in [1.165, 1.54) is 24.3 Å². The number of carbonyl (C=O) groups excluding carboxylic acids is 1. The quantitative estimate of drug-likeness (QED) is 0.720. The van der Waals surface area contributed by atoms with Gasteiger partial charge in [-0.25, -0.2) is 0 Å². The van der Waals surface area contributed by atoms with Crippen LogP contribution in [0.4, 0.5) is 13.2 Å². The van der Waals surface area contributed by atoms with E-state index in [1.807, 2.05) is 43.3 Å². The molecule has 150 valence electrons. The van der Waals surface area contributed by atoms with Crippen molar-refractivity contribution in [2.75, 3.05) is 27.7 Å². The number of benzene rings is 2. The SMILES string of the molecule is COc1ccccc1C(CNC(=O)/C=C/c1cccc(C(F)(F)F)c1)N(C)C. The lowest BCUT2D eigenvalue weighted by atomic mass is 10.0. The van der Waals surface area contributed by atoms with Gasteiger partial charge in [0.1, 0.15) is 5.75 Å². The van der Waals surface area contributed by atoms with E-state index in [0.717, 1.165) is 23.4 Å². The molecule has 0 saturated heterocycles. The van der Waals surface area contributed by atoms with E-state index in [-0.39, 0.29) is 11.9 Å². The van der Waals surface area contributed by atoms with Crippen molar-refractivity contribution in [3.8, 4) is 5.75 Å². The molecule has 7 heteroatoms. The molecular formula is C21H23F3N2O2. The first-order valence-corrected chi connectivity index (χ1v) is 8.65. The van der Waals surface area contributed by atoms with E-state index in [1.54, 1.807) is 7.11 Å². The molecule has 2 aromatic rings. The van der Waals surface area contributed by atoms with Gasteiger partial charge in [-0.1, -0.05) is 30.3 Å². The van der Waals surface area contributed by atoms with Gasteiger partial charge < -0.3 is 15.0 Å². The number of para-hydroxylation sites is 1. The monoisotopic (exact) mass is 392 g/mol. The molecule has 0 bridgehead atoms. The molecule has 0 fully saturated rings. The van der Waals surface area contributed by atoms with Gasteiger partial charge in [-0.3, -0.25) is 4.79 Å². The number of hydrogen-bond acceptors (Lipinski definition) is 3. The molecule has 1 N–H and O–H groups in total. The highest BCUT2D eigenvalue weighted by atomic mass is 19.4. The number of amides is 1. The van der Waals surface area contributed by atoms with Crippen LogP contribution in [0, 0.1) is 0 Å². The van der Waals surface area contributed by atoms with Gasteiger partial charge in [0.2, 0.25) is 5.91 Å². The summed E-state index contributed by atoms with van der Waals surface area (Å²) < 4.78 is 43.7. The molecule has 0 saturated carbocycles.